The van der Waals surface area contributed by atoms with E-state index in [4.69, 9.17) is 9.84 Å². The first kappa shape index (κ1) is 16.7. The van der Waals surface area contributed by atoms with Gasteiger partial charge in [0.2, 0.25) is 5.13 Å². The van der Waals surface area contributed by atoms with E-state index < -0.39 is 5.97 Å². The zero-order chi connectivity index (χ0) is 17.6. The zero-order valence-corrected chi connectivity index (χ0v) is 14.2. The zero-order valence-electron chi connectivity index (χ0n) is 13.3. The molecule has 0 aliphatic carbocycles. The van der Waals surface area contributed by atoms with Crippen LogP contribution in [0.5, 0.6) is 5.75 Å². The van der Waals surface area contributed by atoms with E-state index >= 15 is 0 Å². The SMILES string of the molecule is COc1ccccc1-c1csc(N/N=C\c2ccccc2C(=O)O)n1. The monoisotopic (exact) mass is 353 g/mol. The van der Waals surface area contributed by atoms with Gasteiger partial charge in [0, 0.05) is 16.5 Å². The molecule has 126 valence electrons. The van der Waals surface area contributed by atoms with Gasteiger partial charge < -0.3 is 9.84 Å². The van der Waals surface area contributed by atoms with E-state index in [2.05, 4.69) is 15.5 Å². The first-order chi connectivity index (χ1) is 12.2. The lowest BCUT2D eigenvalue weighted by molar-refractivity contribution is 0.0697. The van der Waals surface area contributed by atoms with Gasteiger partial charge in [-0.2, -0.15) is 5.10 Å². The summed E-state index contributed by atoms with van der Waals surface area (Å²) in [5.41, 5.74) is 5.22. The summed E-state index contributed by atoms with van der Waals surface area (Å²) in [6, 6.07) is 14.3. The van der Waals surface area contributed by atoms with Gasteiger partial charge in [0.25, 0.3) is 0 Å². The Morgan fingerprint density at radius 3 is 2.80 bits per heavy atom. The molecular formula is C18H15N3O3S. The number of benzene rings is 2. The Labute approximate surface area is 148 Å². The fraction of sp³-hybridized carbons (Fsp3) is 0.0556. The van der Waals surface area contributed by atoms with Gasteiger partial charge in [0.1, 0.15) is 5.75 Å². The van der Waals surface area contributed by atoms with Crippen molar-refractivity contribution in [1.29, 1.82) is 0 Å². The number of thiazole rings is 1. The van der Waals surface area contributed by atoms with Crippen molar-refractivity contribution in [3.63, 3.8) is 0 Å². The van der Waals surface area contributed by atoms with Crippen molar-refractivity contribution in [2.24, 2.45) is 5.10 Å². The largest absolute Gasteiger partial charge is 0.496 e. The summed E-state index contributed by atoms with van der Waals surface area (Å²) in [5.74, 6) is -0.243. The average Bonchev–Trinajstić information content (AvgIpc) is 3.10. The molecule has 0 saturated heterocycles. The van der Waals surface area contributed by atoms with E-state index in [1.807, 2.05) is 29.6 Å². The number of anilines is 1. The molecule has 0 aliphatic heterocycles. The summed E-state index contributed by atoms with van der Waals surface area (Å²) in [5, 5.41) is 15.7. The molecule has 0 atom stereocenters. The van der Waals surface area contributed by atoms with Crippen molar-refractivity contribution >= 4 is 28.7 Å². The van der Waals surface area contributed by atoms with E-state index in [-0.39, 0.29) is 5.56 Å². The number of carboxylic acid groups (broad SMARTS) is 1. The number of nitrogens with zero attached hydrogens (tertiary/aromatic N) is 2. The molecule has 6 nitrogen and oxygen atoms in total. The lowest BCUT2D eigenvalue weighted by atomic mass is 10.1. The third-order valence-electron chi connectivity index (χ3n) is 3.44. The molecule has 0 amide bonds. The minimum atomic E-state index is -0.991. The highest BCUT2D eigenvalue weighted by atomic mass is 32.1. The van der Waals surface area contributed by atoms with E-state index in [1.165, 1.54) is 23.6 Å². The molecule has 25 heavy (non-hydrogen) atoms. The first-order valence-electron chi connectivity index (χ1n) is 7.39. The van der Waals surface area contributed by atoms with Gasteiger partial charge in [0.05, 0.1) is 24.6 Å². The second-order valence-electron chi connectivity index (χ2n) is 5.00. The van der Waals surface area contributed by atoms with Crippen LogP contribution in [-0.2, 0) is 0 Å². The Bertz CT molecular complexity index is 921. The first-order valence-corrected chi connectivity index (χ1v) is 8.27. The molecule has 0 spiro atoms. The van der Waals surface area contributed by atoms with Crippen LogP contribution in [0.1, 0.15) is 15.9 Å². The highest BCUT2D eigenvalue weighted by Crippen LogP contribution is 2.31. The molecule has 7 heteroatoms. The van der Waals surface area contributed by atoms with E-state index in [0.717, 1.165) is 17.0 Å². The molecule has 2 N–H and O–H groups in total. The smallest absolute Gasteiger partial charge is 0.336 e. The average molecular weight is 353 g/mol. The number of aromatic nitrogens is 1. The van der Waals surface area contributed by atoms with Crippen LogP contribution < -0.4 is 10.2 Å². The van der Waals surface area contributed by atoms with Crippen molar-refractivity contribution in [1.82, 2.24) is 4.98 Å². The Morgan fingerprint density at radius 1 is 1.24 bits per heavy atom. The normalized spacial score (nSPS) is 10.8. The molecule has 3 aromatic rings. The highest BCUT2D eigenvalue weighted by molar-refractivity contribution is 7.14. The van der Waals surface area contributed by atoms with Crippen molar-refractivity contribution in [3.05, 3.63) is 65.0 Å². The number of hydrogen-bond acceptors (Lipinski definition) is 6. The molecule has 0 bridgehead atoms. The fourth-order valence-electron chi connectivity index (χ4n) is 2.27. The Hall–Kier alpha value is -3.19. The number of hydrazone groups is 1. The number of carboxylic acids is 1. The molecule has 0 aliphatic rings. The Kier molecular flexibility index (Phi) is 5.06. The molecule has 1 aromatic heterocycles. The van der Waals surface area contributed by atoms with Crippen LogP contribution in [0.15, 0.2) is 59.0 Å². The number of methoxy groups -OCH3 is 1. The summed E-state index contributed by atoms with van der Waals surface area (Å²) < 4.78 is 5.34. The lowest BCUT2D eigenvalue weighted by Crippen LogP contribution is -2.02. The quantitative estimate of drug-likeness (QED) is 0.517. The third-order valence-corrected chi connectivity index (χ3v) is 4.19. The Balaban J connectivity index is 1.76. The molecule has 1 heterocycles. The van der Waals surface area contributed by atoms with Gasteiger partial charge in [-0.15, -0.1) is 11.3 Å². The number of carbonyl (C=O) groups is 1. The molecule has 3 rings (SSSR count). The lowest BCUT2D eigenvalue weighted by Gasteiger charge is -2.04. The van der Waals surface area contributed by atoms with Crippen LogP contribution in [0.2, 0.25) is 0 Å². The molecule has 0 unspecified atom stereocenters. The molecule has 2 aromatic carbocycles. The predicted molar refractivity (Wildman–Crippen MR) is 98.7 cm³/mol. The fourth-order valence-corrected chi connectivity index (χ4v) is 2.93. The van der Waals surface area contributed by atoms with Crippen molar-refractivity contribution in [2.45, 2.75) is 0 Å². The van der Waals surface area contributed by atoms with Crippen LogP contribution in [0, 0.1) is 0 Å². The van der Waals surface area contributed by atoms with Crippen LogP contribution >= 0.6 is 11.3 Å². The van der Waals surface area contributed by atoms with Crippen molar-refractivity contribution in [2.75, 3.05) is 12.5 Å². The Morgan fingerprint density at radius 2 is 2.00 bits per heavy atom. The van der Waals surface area contributed by atoms with Gasteiger partial charge in [-0.1, -0.05) is 30.3 Å². The summed E-state index contributed by atoms with van der Waals surface area (Å²) in [7, 11) is 1.62. The summed E-state index contributed by atoms with van der Waals surface area (Å²) >= 11 is 1.40. The van der Waals surface area contributed by atoms with Crippen molar-refractivity contribution in [3.8, 4) is 17.0 Å². The molecular weight excluding hydrogens is 338 g/mol. The minimum absolute atomic E-state index is 0.196. The second-order valence-corrected chi connectivity index (χ2v) is 5.86. The predicted octanol–water partition coefficient (Wildman–Crippen LogP) is 3.96. The van der Waals surface area contributed by atoms with Crippen molar-refractivity contribution < 1.29 is 14.6 Å². The standard InChI is InChI=1S/C18H15N3O3S/c1-24-16-9-5-4-8-14(16)15-11-25-18(20-15)21-19-10-12-6-2-3-7-13(12)17(22)23/h2-11H,1H3,(H,20,21)(H,22,23)/b19-10-. The number of hydrogen-bond donors (Lipinski definition) is 2. The number of para-hydroxylation sites is 1. The second kappa shape index (κ2) is 7.59. The maximum Gasteiger partial charge on any atom is 0.336 e. The van der Waals surface area contributed by atoms with Crippen LogP contribution in [0.3, 0.4) is 0 Å². The highest BCUT2D eigenvalue weighted by Gasteiger charge is 2.09. The van der Waals surface area contributed by atoms with Crippen LogP contribution in [0.4, 0.5) is 5.13 Å². The minimum Gasteiger partial charge on any atom is -0.496 e. The van der Waals surface area contributed by atoms with E-state index in [0.29, 0.717) is 10.7 Å². The number of nitrogens with one attached hydrogen (secondary N) is 1. The van der Waals surface area contributed by atoms with Crippen LogP contribution in [0.25, 0.3) is 11.3 Å². The van der Waals surface area contributed by atoms with E-state index in [1.54, 1.807) is 25.3 Å². The topological polar surface area (TPSA) is 83.8 Å². The molecule has 0 fully saturated rings. The van der Waals surface area contributed by atoms with E-state index in [9.17, 15) is 4.79 Å². The number of rotatable bonds is 6. The number of ether oxygens (including phenoxy) is 1. The van der Waals surface area contributed by atoms with Crippen LogP contribution in [-0.4, -0.2) is 29.4 Å². The summed E-state index contributed by atoms with van der Waals surface area (Å²) in [6.07, 6.45) is 1.47. The molecule has 0 saturated carbocycles. The van der Waals surface area contributed by atoms with Gasteiger partial charge in [-0.05, 0) is 18.2 Å². The van der Waals surface area contributed by atoms with Gasteiger partial charge in [0.15, 0.2) is 0 Å². The maximum atomic E-state index is 11.2. The summed E-state index contributed by atoms with van der Waals surface area (Å²) in [6.45, 7) is 0. The van der Waals surface area contributed by atoms with Gasteiger partial charge in [-0.3, -0.25) is 5.43 Å². The molecule has 0 radical (unpaired) electrons. The third kappa shape index (κ3) is 3.84. The summed E-state index contributed by atoms with van der Waals surface area (Å²) in [4.78, 5) is 15.6. The maximum absolute atomic E-state index is 11.2. The number of aromatic carboxylic acids is 1. The van der Waals surface area contributed by atoms with Gasteiger partial charge in [-0.25, -0.2) is 9.78 Å². The van der Waals surface area contributed by atoms with Gasteiger partial charge >= 0.3 is 5.97 Å².